The SMILES string of the molecule is CC(C)(CNC(=O)c1ccc(N2CCCC2=O)cc1)c1cccc(C(F)(F)F)c1. The number of carbonyl (C=O) groups excluding carboxylic acids is 2. The Morgan fingerprint density at radius 3 is 2.31 bits per heavy atom. The Hall–Kier alpha value is -2.83. The van der Waals surface area contributed by atoms with Crippen molar-refractivity contribution in [2.75, 3.05) is 18.0 Å². The fourth-order valence-corrected chi connectivity index (χ4v) is 3.34. The summed E-state index contributed by atoms with van der Waals surface area (Å²) in [6.45, 7) is 4.42. The molecule has 0 unspecified atom stereocenters. The molecule has 0 aliphatic carbocycles. The van der Waals surface area contributed by atoms with E-state index in [2.05, 4.69) is 5.32 Å². The zero-order chi connectivity index (χ0) is 21.2. The smallest absolute Gasteiger partial charge is 0.351 e. The maximum Gasteiger partial charge on any atom is 0.416 e. The number of hydrogen-bond donors (Lipinski definition) is 1. The first-order valence-corrected chi connectivity index (χ1v) is 9.44. The molecule has 1 aliphatic rings. The average molecular weight is 404 g/mol. The van der Waals surface area contributed by atoms with Gasteiger partial charge in [-0.25, -0.2) is 0 Å². The van der Waals surface area contributed by atoms with Crippen molar-refractivity contribution in [1.29, 1.82) is 0 Å². The molecule has 154 valence electrons. The topological polar surface area (TPSA) is 49.4 Å². The quantitative estimate of drug-likeness (QED) is 0.796. The Kier molecular flexibility index (Phi) is 5.68. The predicted molar refractivity (Wildman–Crippen MR) is 105 cm³/mol. The van der Waals surface area contributed by atoms with E-state index in [0.717, 1.165) is 24.2 Å². The minimum Gasteiger partial charge on any atom is -0.351 e. The van der Waals surface area contributed by atoms with Crippen LogP contribution in [0.15, 0.2) is 48.5 Å². The van der Waals surface area contributed by atoms with Crippen molar-refractivity contribution in [3.05, 3.63) is 65.2 Å². The second kappa shape index (κ2) is 7.89. The number of anilines is 1. The number of halogens is 3. The van der Waals surface area contributed by atoms with Crippen molar-refractivity contribution in [2.24, 2.45) is 0 Å². The first-order valence-electron chi connectivity index (χ1n) is 9.44. The van der Waals surface area contributed by atoms with Crippen LogP contribution in [-0.4, -0.2) is 24.9 Å². The summed E-state index contributed by atoms with van der Waals surface area (Å²) in [6.07, 6.45) is -3.05. The average Bonchev–Trinajstić information content (AvgIpc) is 3.11. The number of hydrogen-bond acceptors (Lipinski definition) is 2. The number of alkyl halides is 3. The number of carbonyl (C=O) groups is 2. The molecule has 7 heteroatoms. The standard InChI is InChI=1S/C22H23F3N2O2/c1-21(2,16-5-3-6-17(13-16)22(23,24)25)14-26-20(29)15-8-10-18(11-9-15)27-12-4-7-19(27)28/h3,5-6,8-11,13H,4,7,12,14H2,1-2H3,(H,26,29). The Morgan fingerprint density at radius 2 is 1.72 bits per heavy atom. The van der Waals surface area contributed by atoms with Crippen LogP contribution < -0.4 is 10.2 Å². The highest BCUT2D eigenvalue weighted by Gasteiger charge is 2.32. The summed E-state index contributed by atoms with van der Waals surface area (Å²) in [5.41, 5.74) is 0.296. The summed E-state index contributed by atoms with van der Waals surface area (Å²) in [4.78, 5) is 26.0. The lowest BCUT2D eigenvalue weighted by molar-refractivity contribution is -0.137. The molecule has 3 rings (SSSR count). The molecule has 2 aromatic carbocycles. The molecule has 0 aromatic heterocycles. The zero-order valence-electron chi connectivity index (χ0n) is 16.3. The highest BCUT2D eigenvalue weighted by atomic mass is 19.4. The minimum absolute atomic E-state index is 0.0741. The summed E-state index contributed by atoms with van der Waals surface area (Å²) in [7, 11) is 0. The van der Waals surface area contributed by atoms with E-state index in [0.29, 0.717) is 24.1 Å². The molecule has 0 radical (unpaired) electrons. The first-order chi connectivity index (χ1) is 13.6. The lowest BCUT2D eigenvalue weighted by Crippen LogP contribution is -2.36. The van der Waals surface area contributed by atoms with Gasteiger partial charge in [0.2, 0.25) is 5.91 Å². The summed E-state index contributed by atoms with van der Waals surface area (Å²) in [5, 5.41) is 2.79. The molecule has 29 heavy (non-hydrogen) atoms. The molecule has 1 N–H and O–H groups in total. The third-order valence-electron chi connectivity index (χ3n) is 5.18. The van der Waals surface area contributed by atoms with Crippen LogP contribution in [0.25, 0.3) is 0 Å². The van der Waals surface area contributed by atoms with Crippen molar-refractivity contribution in [1.82, 2.24) is 5.32 Å². The molecule has 2 amide bonds. The van der Waals surface area contributed by atoms with Crippen LogP contribution in [-0.2, 0) is 16.4 Å². The van der Waals surface area contributed by atoms with E-state index in [-0.39, 0.29) is 18.4 Å². The number of rotatable bonds is 5. The van der Waals surface area contributed by atoms with Gasteiger partial charge in [-0.1, -0.05) is 32.0 Å². The van der Waals surface area contributed by atoms with E-state index >= 15 is 0 Å². The predicted octanol–water partition coefficient (Wildman–Crippen LogP) is 4.54. The van der Waals surface area contributed by atoms with Gasteiger partial charge < -0.3 is 10.2 Å². The van der Waals surface area contributed by atoms with Crippen molar-refractivity contribution in [2.45, 2.75) is 38.3 Å². The molecule has 1 heterocycles. The number of amides is 2. The van der Waals surface area contributed by atoms with Crippen molar-refractivity contribution >= 4 is 17.5 Å². The van der Waals surface area contributed by atoms with Gasteiger partial charge in [0.05, 0.1) is 5.56 Å². The van der Waals surface area contributed by atoms with Crippen LogP contribution in [0.3, 0.4) is 0 Å². The third-order valence-corrected chi connectivity index (χ3v) is 5.18. The summed E-state index contributed by atoms with van der Waals surface area (Å²) < 4.78 is 38.9. The summed E-state index contributed by atoms with van der Waals surface area (Å²) in [6, 6.07) is 11.9. The molecule has 0 bridgehead atoms. The number of nitrogens with zero attached hydrogens (tertiary/aromatic N) is 1. The van der Waals surface area contributed by atoms with Crippen molar-refractivity contribution < 1.29 is 22.8 Å². The minimum atomic E-state index is -4.41. The van der Waals surface area contributed by atoms with Gasteiger partial charge in [-0.15, -0.1) is 0 Å². The molecule has 1 saturated heterocycles. The fraction of sp³-hybridized carbons (Fsp3) is 0.364. The molecule has 1 aliphatic heterocycles. The Labute approximate surface area is 167 Å². The van der Waals surface area contributed by atoms with Gasteiger partial charge >= 0.3 is 6.18 Å². The van der Waals surface area contributed by atoms with Gasteiger partial charge in [0.15, 0.2) is 0 Å². The maximum absolute atomic E-state index is 13.0. The van der Waals surface area contributed by atoms with Crippen LogP contribution >= 0.6 is 0 Å². The molecule has 0 spiro atoms. The normalized spacial score (nSPS) is 14.9. The summed E-state index contributed by atoms with van der Waals surface area (Å²) in [5.74, 6) is -0.241. The molecule has 0 atom stereocenters. The van der Waals surface area contributed by atoms with E-state index in [1.54, 1.807) is 49.1 Å². The molecule has 0 saturated carbocycles. The molecule has 4 nitrogen and oxygen atoms in total. The van der Waals surface area contributed by atoms with E-state index < -0.39 is 17.2 Å². The Morgan fingerprint density at radius 1 is 1.07 bits per heavy atom. The van der Waals surface area contributed by atoms with E-state index in [1.807, 2.05) is 0 Å². The zero-order valence-corrected chi connectivity index (χ0v) is 16.3. The molecule has 2 aromatic rings. The first kappa shape index (κ1) is 20.9. The maximum atomic E-state index is 13.0. The highest BCUT2D eigenvalue weighted by molar-refractivity contribution is 5.97. The van der Waals surface area contributed by atoms with Gasteiger partial charge in [-0.3, -0.25) is 9.59 Å². The lowest BCUT2D eigenvalue weighted by Gasteiger charge is -2.26. The van der Waals surface area contributed by atoms with Crippen LogP contribution in [0.5, 0.6) is 0 Å². The summed E-state index contributed by atoms with van der Waals surface area (Å²) >= 11 is 0. The second-order valence-electron chi connectivity index (χ2n) is 7.84. The monoisotopic (exact) mass is 404 g/mol. The van der Waals surface area contributed by atoms with Crippen LogP contribution in [0.2, 0.25) is 0 Å². The highest BCUT2D eigenvalue weighted by Crippen LogP contribution is 2.32. The van der Waals surface area contributed by atoms with Gasteiger partial charge in [0.1, 0.15) is 0 Å². The molecule has 1 fully saturated rings. The molecular formula is C22H23F3N2O2. The van der Waals surface area contributed by atoms with Gasteiger partial charge in [0.25, 0.3) is 5.91 Å². The van der Waals surface area contributed by atoms with Gasteiger partial charge in [-0.05, 0) is 42.3 Å². The van der Waals surface area contributed by atoms with E-state index in [1.165, 1.54) is 6.07 Å². The largest absolute Gasteiger partial charge is 0.416 e. The second-order valence-corrected chi connectivity index (χ2v) is 7.84. The Balaban J connectivity index is 1.66. The van der Waals surface area contributed by atoms with Crippen molar-refractivity contribution in [3.8, 4) is 0 Å². The van der Waals surface area contributed by atoms with Crippen LogP contribution in [0.1, 0.15) is 48.2 Å². The number of nitrogens with one attached hydrogen (secondary N) is 1. The van der Waals surface area contributed by atoms with E-state index in [4.69, 9.17) is 0 Å². The van der Waals surface area contributed by atoms with Crippen LogP contribution in [0, 0.1) is 0 Å². The molecular weight excluding hydrogens is 381 g/mol. The third kappa shape index (κ3) is 4.78. The van der Waals surface area contributed by atoms with E-state index in [9.17, 15) is 22.8 Å². The van der Waals surface area contributed by atoms with Crippen molar-refractivity contribution in [3.63, 3.8) is 0 Å². The van der Waals surface area contributed by atoms with Crippen LogP contribution in [0.4, 0.5) is 18.9 Å². The Bertz CT molecular complexity index is 905. The number of benzene rings is 2. The lowest BCUT2D eigenvalue weighted by atomic mass is 9.83. The van der Waals surface area contributed by atoms with Gasteiger partial charge in [-0.2, -0.15) is 13.2 Å². The van der Waals surface area contributed by atoms with Gasteiger partial charge in [0, 0.05) is 36.2 Å². The fourth-order valence-electron chi connectivity index (χ4n) is 3.34.